The lowest BCUT2D eigenvalue weighted by molar-refractivity contribution is -0.0328. The number of carbonyl (C=O) groups is 1. The quantitative estimate of drug-likeness (QED) is 0.608. The number of hydrogen-bond acceptors (Lipinski definition) is 4. The maximum Gasteiger partial charge on any atom is 0.446 e. The molecule has 0 fully saturated rings. The zero-order chi connectivity index (χ0) is 13.9. The maximum atomic E-state index is 12.3. The van der Waals surface area contributed by atoms with Crippen molar-refractivity contribution in [3.05, 3.63) is 27.7 Å². The van der Waals surface area contributed by atoms with Crippen LogP contribution in [0.4, 0.5) is 13.2 Å². The van der Waals surface area contributed by atoms with Crippen LogP contribution in [0.15, 0.2) is 21.5 Å². The topological polar surface area (TPSA) is 50.1 Å². The number of ether oxygens (including phenoxy) is 1. The van der Waals surface area contributed by atoms with E-state index < -0.39 is 23.2 Å². The lowest BCUT2D eigenvalue weighted by Crippen LogP contribution is -2.05. The van der Waals surface area contributed by atoms with Crippen molar-refractivity contribution in [1.29, 1.82) is 5.26 Å². The molecule has 0 radical (unpaired) electrons. The fourth-order valence-corrected chi connectivity index (χ4v) is 2.44. The van der Waals surface area contributed by atoms with E-state index in [1.165, 1.54) is 6.07 Å². The molecule has 0 heterocycles. The molecule has 0 aromatic heterocycles. The number of thioether (sulfide) groups is 1. The first-order valence-corrected chi connectivity index (χ1v) is 5.97. The van der Waals surface area contributed by atoms with E-state index in [0.29, 0.717) is 0 Å². The molecule has 0 aliphatic carbocycles. The fourth-order valence-electron chi connectivity index (χ4n) is 1.13. The van der Waals surface area contributed by atoms with Crippen molar-refractivity contribution in [1.82, 2.24) is 0 Å². The minimum atomic E-state index is -4.51. The molecule has 0 saturated carbocycles. The summed E-state index contributed by atoms with van der Waals surface area (Å²) in [6.45, 7) is 0. The van der Waals surface area contributed by atoms with Crippen LogP contribution < -0.4 is 0 Å². The van der Waals surface area contributed by atoms with Gasteiger partial charge < -0.3 is 4.74 Å². The highest BCUT2D eigenvalue weighted by Gasteiger charge is 2.32. The molecule has 96 valence electrons. The first-order chi connectivity index (χ1) is 8.28. The molecule has 8 heteroatoms. The Labute approximate surface area is 113 Å². The molecule has 0 aliphatic heterocycles. The summed E-state index contributed by atoms with van der Waals surface area (Å²) >= 11 is 2.49. The zero-order valence-electron chi connectivity index (χ0n) is 8.84. The SMILES string of the molecule is COC(=O)c1cc(Br)c(SC(F)(F)F)c(C#N)c1. The van der Waals surface area contributed by atoms with Gasteiger partial charge in [-0.05, 0) is 39.8 Å². The van der Waals surface area contributed by atoms with Crippen LogP contribution in [0.25, 0.3) is 0 Å². The van der Waals surface area contributed by atoms with Crippen molar-refractivity contribution >= 4 is 33.7 Å². The van der Waals surface area contributed by atoms with Gasteiger partial charge in [-0.25, -0.2) is 4.79 Å². The number of benzene rings is 1. The van der Waals surface area contributed by atoms with Crippen LogP contribution in [0.3, 0.4) is 0 Å². The molecule has 0 spiro atoms. The second-order valence-corrected chi connectivity index (χ2v) is 4.92. The highest BCUT2D eigenvalue weighted by Crippen LogP contribution is 2.42. The summed E-state index contributed by atoms with van der Waals surface area (Å²) in [4.78, 5) is 11.0. The van der Waals surface area contributed by atoms with Gasteiger partial charge in [0.05, 0.1) is 18.2 Å². The number of rotatable bonds is 2. The molecular formula is C10H5BrF3NO2S. The molecule has 3 nitrogen and oxygen atoms in total. The van der Waals surface area contributed by atoms with Gasteiger partial charge in [-0.2, -0.15) is 18.4 Å². The minimum Gasteiger partial charge on any atom is -0.465 e. The first-order valence-electron chi connectivity index (χ1n) is 4.36. The van der Waals surface area contributed by atoms with Crippen molar-refractivity contribution in [3.63, 3.8) is 0 Å². The van der Waals surface area contributed by atoms with Crippen LogP contribution in [-0.2, 0) is 4.74 Å². The van der Waals surface area contributed by atoms with Crippen LogP contribution >= 0.6 is 27.7 Å². The summed E-state index contributed by atoms with van der Waals surface area (Å²) in [5.41, 5.74) is -4.75. The second kappa shape index (κ2) is 5.63. The monoisotopic (exact) mass is 339 g/mol. The van der Waals surface area contributed by atoms with Gasteiger partial charge >= 0.3 is 11.5 Å². The van der Waals surface area contributed by atoms with Gasteiger partial charge in [-0.3, -0.25) is 0 Å². The Bertz CT molecular complexity index is 525. The summed E-state index contributed by atoms with van der Waals surface area (Å²) in [7, 11) is 1.14. The van der Waals surface area contributed by atoms with E-state index in [2.05, 4.69) is 20.7 Å². The van der Waals surface area contributed by atoms with Gasteiger partial charge in [0.25, 0.3) is 0 Å². The van der Waals surface area contributed by atoms with E-state index in [-0.39, 0.29) is 20.5 Å². The van der Waals surface area contributed by atoms with Crippen molar-refractivity contribution < 1.29 is 22.7 Å². The molecule has 0 aliphatic rings. The fraction of sp³-hybridized carbons (Fsp3) is 0.200. The summed E-state index contributed by atoms with van der Waals surface area (Å²) in [5, 5.41) is 8.82. The van der Waals surface area contributed by atoms with Crippen molar-refractivity contribution in [3.8, 4) is 6.07 Å². The molecule has 0 N–H and O–H groups in total. The maximum absolute atomic E-state index is 12.3. The van der Waals surface area contributed by atoms with Crippen LogP contribution in [0.5, 0.6) is 0 Å². The average Bonchev–Trinajstić information content (AvgIpc) is 2.28. The predicted molar refractivity (Wildman–Crippen MR) is 62.1 cm³/mol. The normalized spacial score (nSPS) is 10.9. The number of hydrogen-bond donors (Lipinski definition) is 0. The van der Waals surface area contributed by atoms with Crippen LogP contribution in [0.1, 0.15) is 15.9 Å². The third-order valence-electron chi connectivity index (χ3n) is 1.80. The summed E-state index contributed by atoms with van der Waals surface area (Å²) in [6.07, 6.45) is 0. The van der Waals surface area contributed by atoms with Gasteiger partial charge in [-0.1, -0.05) is 0 Å². The number of methoxy groups -OCH3 is 1. The molecule has 0 atom stereocenters. The standard InChI is InChI=1S/C10H5BrF3NO2S/c1-17-9(16)5-2-6(4-15)8(7(11)3-5)18-10(12,13)14/h2-3H,1H3. The van der Waals surface area contributed by atoms with E-state index in [9.17, 15) is 18.0 Å². The van der Waals surface area contributed by atoms with E-state index in [0.717, 1.165) is 13.2 Å². The third kappa shape index (κ3) is 3.65. The largest absolute Gasteiger partial charge is 0.465 e. The van der Waals surface area contributed by atoms with Crippen LogP contribution in [-0.4, -0.2) is 18.6 Å². The number of nitrogens with zero attached hydrogens (tertiary/aromatic N) is 1. The molecule has 0 amide bonds. The number of alkyl halides is 3. The second-order valence-electron chi connectivity index (χ2n) is 2.99. The minimum absolute atomic E-state index is 0.00690. The number of esters is 1. The third-order valence-corrected chi connectivity index (χ3v) is 3.57. The Morgan fingerprint density at radius 3 is 2.56 bits per heavy atom. The van der Waals surface area contributed by atoms with E-state index in [1.54, 1.807) is 6.07 Å². The lowest BCUT2D eigenvalue weighted by Gasteiger charge is -2.10. The van der Waals surface area contributed by atoms with Crippen molar-refractivity contribution in [2.24, 2.45) is 0 Å². The average molecular weight is 340 g/mol. The Morgan fingerprint density at radius 2 is 2.11 bits per heavy atom. The highest BCUT2D eigenvalue weighted by molar-refractivity contribution is 9.10. The van der Waals surface area contributed by atoms with Crippen LogP contribution in [0, 0.1) is 11.3 Å². The van der Waals surface area contributed by atoms with Gasteiger partial charge in [0.1, 0.15) is 6.07 Å². The number of nitriles is 1. The van der Waals surface area contributed by atoms with Gasteiger partial charge in [-0.15, -0.1) is 0 Å². The molecule has 1 rings (SSSR count). The molecule has 0 unspecified atom stereocenters. The van der Waals surface area contributed by atoms with Crippen LogP contribution in [0.2, 0.25) is 0 Å². The molecule has 1 aromatic carbocycles. The van der Waals surface area contributed by atoms with E-state index in [4.69, 9.17) is 5.26 Å². The predicted octanol–water partition coefficient (Wildman–Crippen LogP) is 3.72. The molecule has 0 bridgehead atoms. The summed E-state index contributed by atoms with van der Waals surface area (Å²) in [6, 6.07) is 3.86. The molecule has 0 saturated heterocycles. The smallest absolute Gasteiger partial charge is 0.446 e. The molecular weight excluding hydrogens is 335 g/mol. The summed E-state index contributed by atoms with van der Waals surface area (Å²) < 4.78 is 41.4. The highest BCUT2D eigenvalue weighted by atomic mass is 79.9. The Morgan fingerprint density at radius 1 is 1.50 bits per heavy atom. The van der Waals surface area contributed by atoms with Gasteiger partial charge in [0, 0.05) is 9.37 Å². The van der Waals surface area contributed by atoms with Crippen molar-refractivity contribution in [2.45, 2.75) is 10.4 Å². The van der Waals surface area contributed by atoms with Crippen molar-refractivity contribution in [2.75, 3.05) is 7.11 Å². The van der Waals surface area contributed by atoms with E-state index >= 15 is 0 Å². The number of carbonyl (C=O) groups excluding carboxylic acids is 1. The Balaban J connectivity index is 3.30. The zero-order valence-corrected chi connectivity index (χ0v) is 11.2. The Hall–Kier alpha value is -1.20. The first kappa shape index (κ1) is 14.9. The lowest BCUT2D eigenvalue weighted by atomic mass is 10.1. The Kier molecular flexibility index (Phi) is 4.65. The van der Waals surface area contributed by atoms with E-state index in [1.807, 2.05) is 0 Å². The summed E-state index contributed by atoms with van der Waals surface area (Å²) in [5.74, 6) is -0.726. The molecule has 1 aromatic rings. The molecule has 18 heavy (non-hydrogen) atoms. The van der Waals surface area contributed by atoms with Gasteiger partial charge in [0.2, 0.25) is 0 Å². The van der Waals surface area contributed by atoms with Gasteiger partial charge in [0.15, 0.2) is 0 Å². The number of halogens is 4.